The van der Waals surface area contributed by atoms with Crippen LogP contribution in [0, 0.1) is 22.7 Å². The van der Waals surface area contributed by atoms with Crippen molar-refractivity contribution in [3.63, 3.8) is 0 Å². The predicted molar refractivity (Wildman–Crippen MR) is 121 cm³/mol. The van der Waals surface area contributed by atoms with E-state index in [0.29, 0.717) is 37.7 Å². The maximum Gasteiger partial charge on any atom is 0.224 e. The maximum absolute atomic E-state index is 11.9. The minimum absolute atomic E-state index is 0.00260. The van der Waals surface area contributed by atoms with E-state index < -0.39 is 12.2 Å². The van der Waals surface area contributed by atoms with Gasteiger partial charge in [0.1, 0.15) is 0 Å². The number of hydrogen-bond donors (Lipinski definition) is 2. The molecule has 4 aliphatic rings. The molecule has 0 heterocycles. The molecule has 0 saturated heterocycles. The number of rotatable bonds is 5. The van der Waals surface area contributed by atoms with Gasteiger partial charge in [0.15, 0.2) is 0 Å². The van der Waals surface area contributed by atoms with Crippen molar-refractivity contribution in [2.75, 3.05) is 20.7 Å². The molecule has 0 radical (unpaired) electrons. The third kappa shape index (κ3) is 3.63. The zero-order valence-corrected chi connectivity index (χ0v) is 19.7. The Morgan fingerprint density at radius 1 is 1.26 bits per heavy atom. The highest BCUT2D eigenvalue weighted by Crippen LogP contribution is 2.64. The molecule has 172 valence electrons. The van der Waals surface area contributed by atoms with Gasteiger partial charge < -0.3 is 19.8 Å². The summed E-state index contributed by atoms with van der Waals surface area (Å²) in [5.74, 6) is 0.871. The SMILES string of the molecule is CC(OCCC(=O)N(C)C)C1=CC[C@H]2C3=CC=C4CC(O)CC(O)[C@]4(C)[C@H]3CC[C@]12C. The Morgan fingerprint density at radius 2 is 2.00 bits per heavy atom. The standard InChI is InChI=1S/C26H39NO4/c1-16(31-13-11-24(30)27(4)5)20-8-9-21-19-7-6-17-14-18(28)15-23(29)26(17,3)22(19)10-12-25(20,21)2/h6-8,16,18,21-23,28-29H,9-15H2,1-5H3/t16?,18?,21-,22-,23?,25+,26-/m0/s1. The number of amides is 1. The summed E-state index contributed by atoms with van der Waals surface area (Å²) in [7, 11) is 3.55. The molecule has 0 spiro atoms. The molecule has 0 bridgehead atoms. The monoisotopic (exact) mass is 429 g/mol. The van der Waals surface area contributed by atoms with Gasteiger partial charge in [-0.15, -0.1) is 0 Å². The van der Waals surface area contributed by atoms with Crippen LogP contribution in [0.4, 0.5) is 0 Å². The number of allylic oxidation sites excluding steroid dienone is 4. The number of ether oxygens (including phenoxy) is 1. The van der Waals surface area contributed by atoms with Crippen molar-refractivity contribution in [1.29, 1.82) is 0 Å². The van der Waals surface area contributed by atoms with Gasteiger partial charge >= 0.3 is 0 Å². The van der Waals surface area contributed by atoms with Crippen LogP contribution in [0.1, 0.15) is 59.3 Å². The molecule has 4 aliphatic carbocycles. The molecule has 2 saturated carbocycles. The summed E-state index contributed by atoms with van der Waals surface area (Å²) in [4.78, 5) is 13.5. The van der Waals surface area contributed by atoms with Crippen molar-refractivity contribution in [2.24, 2.45) is 22.7 Å². The first kappa shape index (κ1) is 22.8. The number of hydrogen-bond acceptors (Lipinski definition) is 4. The van der Waals surface area contributed by atoms with E-state index >= 15 is 0 Å². The number of carbonyl (C=O) groups excluding carboxylic acids is 1. The third-order valence-corrected chi connectivity index (χ3v) is 8.92. The number of fused-ring (bicyclic) bond motifs is 5. The first-order chi connectivity index (χ1) is 14.6. The predicted octanol–water partition coefficient (Wildman–Crippen LogP) is 3.62. The van der Waals surface area contributed by atoms with Crippen molar-refractivity contribution in [2.45, 2.75) is 77.6 Å². The van der Waals surface area contributed by atoms with Gasteiger partial charge in [-0.1, -0.05) is 43.2 Å². The van der Waals surface area contributed by atoms with Crippen molar-refractivity contribution in [3.8, 4) is 0 Å². The van der Waals surface area contributed by atoms with Gasteiger partial charge in [0.25, 0.3) is 0 Å². The quantitative estimate of drug-likeness (QED) is 0.655. The van der Waals surface area contributed by atoms with Gasteiger partial charge in [0.2, 0.25) is 5.91 Å². The molecular formula is C26H39NO4. The Labute approximate surface area is 186 Å². The van der Waals surface area contributed by atoms with Crippen molar-refractivity contribution in [3.05, 3.63) is 34.9 Å². The van der Waals surface area contributed by atoms with Crippen LogP contribution in [0.3, 0.4) is 0 Å². The molecule has 7 atom stereocenters. The number of nitrogens with zero attached hydrogens (tertiary/aromatic N) is 1. The summed E-state index contributed by atoms with van der Waals surface area (Å²) >= 11 is 0. The van der Waals surface area contributed by atoms with Gasteiger partial charge in [0, 0.05) is 25.9 Å². The van der Waals surface area contributed by atoms with Gasteiger partial charge in [-0.3, -0.25) is 4.79 Å². The molecule has 0 aliphatic heterocycles. The Bertz CT molecular complexity index is 827. The van der Waals surface area contributed by atoms with E-state index in [0.717, 1.165) is 19.3 Å². The molecule has 0 aromatic carbocycles. The third-order valence-electron chi connectivity index (χ3n) is 8.92. The second kappa shape index (κ2) is 8.17. The van der Waals surface area contributed by atoms with Gasteiger partial charge in [0.05, 0.1) is 31.3 Å². The van der Waals surface area contributed by atoms with E-state index in [1.807, 2.05) is 0 Å². The highest BCUT2D eigenvalue weighted by molar-refractivity contribution is 5.75. The number of aliphatic hydroxyl groups excluding tert-OH is 2. The Kier molecular flexibility index (Phi) is 5.99. The highest BCUT2D eigenvalue weighted by Gasteiger charge is 2.57. The van der Waals surface area contributed by atoms with Crippen LogP contribution in [0.2, 0.25) is 0 Å². The van der Waals surface area contributed by atoms with E-state index in [-0.39, 0.29) is 22.8 Å². The first-order valence-electron chi connectivity index (χ1n) is 11.9. The number of carbonyl (C=O) groups is 1. The smallest absolute Gasteiger partial charge is 0.224 e. The van der Waals surface area contributed by atoms with Crippen molar-refractivity contribution >= 4 is 5.91 Å². The van der Waals surface area contributed by atoms with Gasteiger partial charge in [-0.25, -0.2) is 0 Å². The summed E-state index contributed by atoms with van der Waals surface area (Å²) in [6, 6.07) is 0. The Balaban J connectivity index is 1.51. The zero-order chi connectivity index (χ0) is 22.6. The average molecular weight is 430 g/mol. The summed E-state index contributed by atoms with van der Waals surface area (Å²) in [5.41, 5.74) is 3.85. The second-order valence-electron chi connectivity index (χ2n) is 10.8. The summed E-state index contributed by atoms with van der Waals surface area (Å²) in [5, 5.41) is 21.2. The van der Waals surface area contributed by atoms with Crippen LogP contribution in [-0.4, -0.2) is 60.0 Å². The lowest BCUT2D eigenvalue weighted by Crippen LogP contribution is -2.52. The molecule has 2 fully saturated rings. The fourth-order valence-corrected chi connectivity index (χ4v) is 6.93. The van der Waals surface area contributed by atoms with E-state index in [1.165, 1.54) is 16.7 Å². The van der Waals surface area contributed by atoms with E-state index in [1.54, 1.807) is 19.0 Å². The lowest BCUT2D eigenvalue weighted by atomic mass is 9.49. The molecule has 31 heavy (non-hydrogen) atoms. The molecule has 0 aromatic heterocycles. The van der Waals surface area contributed by atoms with Crippen LogP contribution in [-0.2, 0) is 9.53 Å². The fourth-order valence-electron chi connectivity index (χ4n) is 6.93. The molecule has 5 nitrogen and oxygen atoms in total. The summed E-state index contributed by atoms with van der Waals surface area (Å²) in [6.07, 6.45) is 10.6. The number of aliphatic hydroxyl groups is 2. The van der Waals surface area contributed by atoms with E-state index in [9.17, 15) is 15.0 Å². The Hall–Kier alpha value is -1.43. The Morgan fingerprint density at radius 3 is 2.71 bits per heavy atom. The van der Waals surface area contributed by atoms with Crippen LogP contribution >= 0.6 is 0 Å². The van der Waals surface area contributed by atoms with E-state index in [2.05, 4.69) is 39.0 Å². The maximum atomic E-state index is 11.9. The molecular weight excluding hydrogens is 390 g/mol. The minimum atomic E-state index is -0.495. The molecule has 3 unspecified atom stereocenters. The normalized spacial score (nSPS) is 40.0. The fraction of sp³-hybridized carbons (Fsp3) is 0.731. The molecule has 1 amide bonds. The molecule has 5 heteroatoms. The van der Waals surface area contributed by atoms with Gasteiger partial charge in [-0.2, -0.15) is 0 Å². The first-order valence-corrected chi connectivity index (χ1v) is 11.9. The van der Waals surface area contributed by atoms with E-state index in [4.69, 9.17) is 4.74 Å². The van der Waals surface area contributed by atoms with Crippen molar-refractivity contribution in [1.82, 2.24) is 4.90 Å². The second-order valence-corrected chi connectivity index (χ2v) is 10.8. The largest absolute Gasteiger partial charge is 0.393 e. The molecule has 0 aromatic rings. The lowest BCUT2D eigenvalue weighted by Gasteiger charge is -2.56. The van der Waals surface area contributed by atoms with Crippen LogP contribution < -0.4 is 0 Å². The average Bonchev–Trinajstić information content (AvgIpc) is 3.06. The summed E-state index contributed by atoms with van der Waals surface area (Å²) < 4.78 is 6.12. The highest BCUT2D eigenvalue weighted by atomic mass is 16.5. The molecule has 4 rings (SSSR count). The van der Waals surface area contributed by atoms with Gasteiger partial charge in [-0.05, 0) is 55.4 Å². The van der Waals surface area contributed by atoms with Crippen LogP contribution in [0.15, 0.2) is 34.9 Å². The van der Waals surface area contributed by atoms with Crippen LogP contribution in [0.5, 0.6) is 0 Å². The minimum Gasteiger partial charge on any atom is -0.393 e. The summed E-state index contributed by atoms with van der Waals surface area (Å²) in [6.45, 7) is 7.15. The van der Waals surface area contributed by atoms with Crippen molar-refractivity contribution < 1.29 is 19.7 Å². The molecule has 2 N–H and O–H groups in total. The lowest BCUT2D eigenvalue weighted by molar-refractivity contribution is -0.130. The zero-order valence-electron chi connectivity index (χ0n) is 19.7. The topological polar surface area (TPSA) is 70.0 Å². The van der Waals surface area contributed by atoms with Crippen LogP contribution in [0.25, 0.3) is 0 Å².